The van der Waals surface area contributed by atoms with Crippen molar-refractivity contribution in [1.29, 1.82) is 0 Å². The van der Waals surface area contributed by atoms with Crippen LogP contribution >= 0.6 is 27.7 Å². The summed E-state index contributed by atoms with van der Waals surface area (Å²) in [4.78, 5) is 12.0. The molecule has 0 unspecified atom stereocenters. The van der Waals surface area contributed by atoms with Gasteiger partial charge >= 0.3 is 0 Å². The average molecular weight is 331 g/mol. The fourth-order valence-electron chi connectivity index (χ4n) is 2.22. The molecule has 1 aromatic carbocycles. The topological polar surface area (TPSA) is 17.1 Å². The molecule has 0 spiro atoms. The van der Waals surface area contributed by atoms with Crippen LogP contribution in [-0.4, -0.2) is 17.3 Å². The number of rotatable bonds is 4. The zero-order valence-corrected chi connectivity index (χ0v) is 12.5. The van der Waals surface area contributed by atoms with Crippen LogP contribution in [0.25, 0.3) is 0 Å². The Kier molecular flexibility index (Phi) is 5.25. The van der Waals surface area contributed by atoms with Gasteiger partial charge < -0.3 is 0 Å². The summed E-state index contributed by atoms with van der Waals surface area (Å²) in [6.45, 7) is 0. The molecule has 0 atom stereocenters. The average Bonchev–Trinajstić information content (AvgIpc) is 2.34. The van der Waals surface area contributed by atoms with E-state index in [9.17, 15) is 9.18 Å². The van der Waals surface area contributed by atoms with Crippen LogP contribution in [0.15, 0.2) is 22.7 Å². The van der Waals surface area contributed by atoms with Gasteiger partial charge in [-0.05, 0) is 48.0 Å². The molecule has 98 valence electrons. The summed E-state index contributed by atoms with van der Waals surface area (Å²) < 4.78 is 13.6. The van der Waals surface area contributed by atoms with Crippen molar-refractivity contribution >= 4 is 33.5 Å². The highest BCUT2D eigenvalue weighted by Crippen LogP contribution is 2.26. The number of ketones is 1. The van der Waals surface area contributed by atoms with Gasteiger partial charge in [0.1, 0.15) is 11.6 Å². The van der Waals surface area contributed by atoms with Gasteiger partial charge in [-0.15, -0.1) is 0 Å². The lowest BCUT2D eigenvalue weighted by molar-refractivity contribution is -0.119. The van der Waals surface area contributed by atoms with Gasteiger partial charge in [0.15, 0.2) is 0 Å². The lowest BCUT2D eigenvalue weighted by Crippen LogP contribution is -2.15. The largest absolute Gasteiger partial charge is 0.299 e. The van der Waals surface area contributed by atoms with Crippen LogP contribution in [0.5, 0.6) is 0 Å². The molecule has 1 heterocycles. The summed E-state index contributed by atoms with van der Waals surface area (Å²) in [7, 11) is 0. The van der Waals surface area contributed by atoms with Crippen LogP contribution in [0.2, 0.25) is 0 Å². The Bertz CT molecular complexity index is 430. The van der Waals surface area contributed by atoms with Crippen molar-refractivity contribution in [3.63, 3.8) is 0 Å². The number of carbonyl (C=O) groups excluding carboxylic acids is 1. The smallest absolute Gasteiger partial charge is 0.137 e. The summed E-state index contributed by atoms with van der Waals surface area (Å²) in [6.07, 6.45) is 3.39. The SMILES string of the molecule is O=C(Cc1ccc(F)cc1Br)CC1CCSCC1. The summed E-state index contributed by atoms with van der Waals surface area (Å²) in [5.74, 6) is 2.90. The number of hydrogen-bond acceptors (Lipinski definition) is 2. The van der Waals surface area contributed by atoms with Crippen molar-refractivity contribution in [2.75, 3.05) is 11.5 Å². The molecule has 0 aliphatic carbocycles. The van der Waals surface area contributed by atoms with E-state index in [1.54, 1.807) is 6.07 Å². The monoisotopic (exact) mass is 330 g/mol. The third-order valence-electron chi connectivity index (χ3n) is 3.26. The maximum absolute atomic E-state index is 12.9. The van der Waals surface area contributed by atoms with Gasteiger partial charge in [-0.1, -0.05) is 22.0 Å². The first-order chi connectivity index (χ1) is 8.65. The molecule has 0 radical (unpaired) electrons. The molecular formula is C14H16BrFOS. The predicted octanol–water partition coefficient (Wildman–Crippen LogP) is 4.23. The van der Waals surface area contributed by atoms with Gasteiger partial charge in [0.2, 0.25) is 0 Å². The summed E-state index contributed by atoms with van der Waals surface area (Å²) >= 11 is 5.28. The van der Waals surface area contributed by atoms with Crippen molar-refractivity contribution in [3.05, 3.63) is 34.1 Å². The van der Waals surface area contributed by atoms with Gasteiger partial charge in [-0.3, -0.25) is 4.79 Å². The van der Waals surface area contributed by atoms with Gasteiger partial charge in [0, 0.05) is 17.3 Å². The molecule has 1 aliphatic rings. The fourth-order valence-corrected chi connectivity index (χ4v) is 3.92. The number of halogens is 2. The lowest BCUT2D eigenvalue weighted by atomic mass is 9.94. The van der Waals surface area contributed by atoms with E-state index in [4.69, 9.17) is 0 Å². The molecule has 2 rings (SSSR count). The molecule has 0 aromatic heterocycles. The van der Waals surface area contributed by atoms with Crippen LogP contribution in [0.3, 0.4) is 0 Å². The van der Waals surface area contributed by atoms with E-state index in [0.717, 1.165) is 18.4 Å². The highest BCUT2D eigenvalue weighted by Gasteiger charge is 2.18. The second-order valence-corrected chi connectivity index (χ2v) is 6.79. The minimum atomic E-state index is -0.276. The van der Waals surface area contributed by atoms with Crippen LogP contribution < -0.4 is 0 Å². The van der Waals surface area contributed by atoms with Crippen molar-refractivity contribution in [2.24, 2.45) is 5.92 Å². The van der Waals surface area contributed by atoms with E-state index >= 15 is 0 Å². The normalized spacial score (nSPS) is 16.8. The van der Waals surface area contributed by atoms with Crippen LogP contribution in [0.4, 0.5) is 4.39 Å². The van der Waals surface area contributed by atoms with Crippen molar-refractivity contribution < 1.29 is 9.18 Å². The van der Waals surface area contributed by atoms with E-state index < -0.39 is 0 Å². The van der Waals surface area contributed by atoms with E-state index in [1.165, 1.54) is 23.6 Å². The number of Topliss-reactive ketones (excluding diaryl/α,β-unsaturated/α-hetero) is 1. The third-order valence-corrected chi connectivity index (χ3v) is 5.05. The van der Waals surface area contributed by atoms with Gasteiger partial charge in [0.05, 0.1) is 0 Å². The van der Waals surface area contributed by atoms with E-state index in [1.807, 2.05) is 11.8 Å². The van der Waals surface area contributed by atoms with Gasteiger partial charge in [-0.2, -0.15) is 11.8 Å². The lowest BCUT2D eigenvalue weighted by Gasteiger charge is -2.20. The molecule has 4 heteroatoms. The zero-order valence-electron chi connectivity index (χ0n) is 10.1. The molecule has 18 heavy (non-hydrogen) atoms. The summed E-state index contributed by atoms with van der Waals surface area (Å²) in [6, 6.07) is 4.51. The van der Waals surface area contributed by atoms with Crippen molar-refractivity contribution in [1.82, 2.24) is 0 Å². The fraction of sp³-hybridized carbons (Fsp3) is 0.500. The van der Waals surface area contributed by atoms with Crippen LogP contribution in [0, 0.1) is 11.7 Å². The second-order valence-electron chi connectivity index (χ2n) is 4.71. The van der Waals surface area contributed by atoms with Crippen LogP contribution in [-0.2, 0) is 11.2 Å². The summed E-state index contributed by atoms with van der Waals surface area (Å²) in [5.41, 5.74) is 0.881. The Balaban J connectivity index is 1.90. The number of carbonyl (C=O) groups is 1. The first kappa shape index (κ1) is 14.1. The van der Waals surface area contributed by atoms with Crippen molar-refractivity contribution in [3.8, 4) is 0 Å². The molecule has 0 bridgehead atoms. The Hall–Kier alpha value is -0.350. The molecular weight excluding hydrogens is 315 g/mol. The Morgan fingerprint density at radius 1 is 1.39 bits per heavy atom. The van der Waals surface area contributed by atoms with E-state index in [2.05, 4.69) is 15.9 Å². The van der Waals surface area contributed by atoms with Crippen LogP contribution in [0.1, 0.15) is 24.8 Å². The highest BCUT2D eigenvalue weighted by molar-refractivity contribution is 9.10. The number of thioether (sulfide) groups is 1. The predicted molar refractivity (Wildman–Crippen MR) is 77.5 cm³/mol. The Labute approximate surface area is 120 Å². The molecule has 1 fully saturated rings. The summed E-state index contributed by atoms with van der Waals surface area (Å²) in [5, 5.41) is 0. The Morgan fingerprint density at radius 2 is 2.11 bits per heavy atom. The maximum Gasteiger partial charge on any atom is 0.137 e. The molecule has 1 aromatic rings. The molecule has 0 saturated carbocycles. The maximum atomic E-state index is 12.9. The molecule has 1 nitrogen and oxygen atoms in total. The first-order valence-corrected chi connectivity index (χ1v) is 8.13. The third kappa shape index (κ3) is 4.09. The Morgan fingerprint density at radius 3 is 2.78 bits per heavy atom. The van der Waals surface area contributed by atoms with Crippen molar-refractivity contribution in [2.45, 2.75) is 25.7 Å². The van der Waals surface area contributed by atoms with E-state index in [0.29, 0.717) is 23.2 Å². The number of benzene rings is 1. The molecule has 1 aliphatic heterocycles. The standard InChI is InChI=1S/C14H16BrFOS/c15-14-9-12(16)2-1-11(14)8-13(17)7-10-3-5-18-6-4-10/h1-2,9-10H,3-8H2. The minimum absolute atomic E-state index is 0.263. The minimum Gasteiger partial charge on any atom is -0.299 e. The van der Waals surface area contributed by atoms with E-state index in [-0.39, 0.29) is 11.6 Å². The van der Waals surface area contributed by atoms with Gasteiger partial charge in [-0.25, -0.2) is 4.39 Å². The highest BCUT2D eigenvalue weighted by atomic mass is 79.9. The molecule has 0 amide bonds. The zero-order chi connectivity index (χ0) is 13.0. The number of hydrogen-bond donors (Lipinski definition) is 0. The molecule has 1 saturated heterocycles. The van der Waals surface area contributed by atoms with Gasteiger partial charge in [0.25, 0.3) is 0 Å². The quantitative estimate of drug-likeness (QED) is 0.821. The first-order valence-electron chi connectivity index (χ1n) is 6.18. The molecule has 0 N–H and O–H groups in total. The second kappa shape index (κ2) is 6.71.